The molecule has 22 heteroatoms. The number of carbonyl (C=O) groups excluding carboxylic acids is 1. The molecule has 1 aliphatic heterocycles. The van der Waals surface area contributed by atoms with Crippen LogP contribution in [-0.2, 0) is 40.8 Å². The van der Waals surface area contributed by atoms with Gasteiger partial charge in [-0.15, -0.1) is 0 Å². The van der Waals surface area contributed by atoms with E-state index in [-0.39, 0.29) is 6.42 Å². The number of phosphoric acid groups is 3. The molecule has 0 radical (unpaired) electrons. The lowest BCUT2D eigenvalue weighted by molar-refractivity contribution is -0.251. The van der Waals surface area contributed by atoms with E-state index in [1.165, 1.54) is 19.1 Å². The monoisotopic (exact) mass is 642 g/mol. The summed E-state index contributed by atoms with van der Waals surface area (Å²) in [4.78, 5) is 73.5. The van der Waals surface area contributed by atoms with E-state index in [2.05, 4.69) is 23.0 Å². The zero-order valence-corrected chi connectivity index (χ0v) is 23.5. The number of aromatic amines is 1. The van der Waals surface area contributed by atoms with Gasteiger partial charge < -0.3 is 38.3 Å². The molecule has 4 unspecified atom stereocenters. The van der Waals surface area contributed by atoms with Gasteiger partial charge in [0.2, 0.25) is 0 Å². The Bertz CT molecular complexity index is 1470. The van der Waals surface area contributed by atoms with Crippen molar-refractivity contribution in [1.29, 1.82) is 0 Å². The molecule has 1 aliphatic rings. The molecular weight excluding hydrogens is 619 g/mol. The summed E-state index contributed by atoms with van der Waals surface area (Å²) in [6, 6.07) is 8.80. The average Bonchev–Trinajstić information content (AvgIpc) is 3.15. The van der Waals surface area contributed by atoms with Crippen LogP contribution in [0.15, 0.2) is 52.2 Å². The molecule has 1 fully saturated rings. The minimum absolute atomic E-state index is 0.150. The summed E-state index contributed by atoms with van der Waals surface area (Å²) in [7, 11) is -17.5. The van der Waals surface area contributed by atoms with Gasteiger partial charge in [0.15, 0.2) is 12.3 Å². The number of amides is 1. The van der Waals surface area contributed by atoms with Crippen LogP contribution in [0.2, 0.25) is 0 Å². The number of nitrogens with zero attached hydrogens (tertiary/aromatic N) is 1. The molecule has 3 rings (SSSR count). The van der Waals surface area contributed by atoms with Crippen molar-refractivity contribution in [3.05, 3.63) is 63.4 Å². The number of rotatable bonds is 13. The second-order valence-electron chi connectivity index (χ2n) is 8.07. The number of hydrogen-bond acceptors (Lipinski definition) is 16. The highest BCUT2D eigenvalue weighted by Gasteiger charge is 2.48. The second kappa shape index (κ2) is 13.6. The van der Waals surface area contributed by atoms with Crippen LogP contribution in [0.4, 0.5) is 10.5 Å². The molecule has 2 aromatic rings. The summed E-state index contributed by atoms with van der Waals surface area (Å²) in [5.74, 6) is 0. The first-order chi connectivity index (χ1) is 19.1. The summed E-state index contributed by atoms with van der Waals surface area (Å²) in [5, 5.41) is 13.1. The lowest BCUT2D eigenvalue weighted by Gasteiger charge is -2.34. The predicted octanol–water partition coefficient (Wildman–Crippen LogP) is -0.706. The van der Waals surface area contributed by atoms with Gasteiger partial charge in [-0.2, -0.15) is 0 Å². The number of H-pyrrole nitrogens is 1. The first-order valence-electron chi connectivity index (χ1n) is 11.4. The minimum Gasteiger partial charge on any atom is -0.756 e. The molecule has 7 atom stereocenters. The second-order valence-corrected chi connectivity index (χ2v) is 12.6. The number of phosphoric ester groups is 2. The number of carbonyl (C=O) groups is 1. The van der Waals surface area contributed by atoms with E-state index in [4.69, 9.17) is 9.47 Å². The fourth-order valence-corrected chi connectivity index (χ4v) is 6.76. The molecule has 228 valence electrons. The topological polar surface area (TPSA) is 280 Å². The standard InChI is InChI=1S/C19H26N3O16P3/c1-2-10-33-39(27,28)37-41(31,32)38-40(29,30)34-11-13-15(24)16(36-19(26)20-12-6-4-3-5-7-12)17(35-13)22-9-8-14(23)21-18(22)25/h3-9,13,15-17,24H,2,10-11H2,1H3,(H,20,26)(H,27,28)(H,29,30)(H,31,32)(H,21,23,25)/p-3/t13-,15?,16+,17-/m1/s1. The smallest absolute Gasteiger partial charge is 0.412 e. The zero-order chi connectivity index (χ0) is 30.4. The maximum Gasteiger partial charge on any atom is 0.412 e. The maximum absolute atomic E-state index is 12.5. The van der Waals surface area contributed by atoms with Gasteiger partial charge in [0.25, 0.3) is 29.0 Å². The van der Waals surface area contributed by atoms with Crippen LogP contribution < -0.4 is 31.2 Å². The molecule has 0 spiro atoms. The summed E-state index contributed by atoms with van der Waals surface area (Å²) in [6.45, 7) is -0.149. The van der Waals surface area contributed by atoms with Crippen LogP contribution in [-0.4, -0.2) is 52.3 Å². The third kappa shape index (κ3) is 9.78. The van der Waals surface area contributed by atoms with Gasteiger partial charge in [-0.3, -0.25) is 33.4 Å². The third-order valence-corrected chi connectivity index (χ3v) is 9.12. The first-order valence-corrected chi connectivity index (χ1v) is 15.8. The molecule has 41 heavy (non-hydrogen) atoms. The molecule has 2 heterocycles. The minimum atomic E-state index is -6.10. The summed E-state index contributed by atoms with van der Waals surface area (Å²) in [6.07, 6.45) is -7.00. The number of aromatic nitrogens is 2. The molecule has 1 aromatic heterocycles. The average molecular weight is 642 g/mol. The highest BCUT2D eigenvalue weighted by atomic mass is 31.3. The van der Waals surface area contributed by atoms with E-state index in [1.54, 1.807) is 18.2 Å². The molecule has 3 N–H and O–H groups in total. The summed E-state index contributed by atoms with van der Waals surface area (Å²) < 4.78 is 62.7. The van der Waals surface area contributed by atoms with Gasteiger partial charge >= 0.3 is 11.8 Å². The van der Waals surface area contributed by atoms with Crippen molar-refractivity contribution in [3.63, 3.8) is 0 Å². The molecule has 1 saturated heterocycles. The van der Waals surface area contributed by atoms with Gasteiger partial charge in [0, 0.05) is 18.0 Å². The van der Waals surface area contributed by atoms with E-state index in [1.807, 2.05) is 4.98 Å². The lowest BCUT2D eigenvalue weighted by Crippen LogP contribution is -2.41. The number of para-hydroxylation sites is 1. The van der Waals surface area contributed by atoms with Gasteiger partial charge in [-0.05, 0) is 18.6 Å². The number of hydrogen-bond donors (Lipinski definition) is 3. The largest absolute Gasteiger partial charge is 0.756 e. The lowest BCUT2D eigenvalue weighted by atomic mass is 10.1. The quantitative estimate of drug-likeness (QED) is 0.228. The number of ether oxygens (including phenoxy) is 2. The van der Waals surface area contributed by atoms with Gasteiger partial charge in [-0.1, -0.05) is 25.1 Å². The summed E-state index contributed by atoms with van der Waals surface area (Å²) >= 11 is 0. The van der Waals surface area contributed by atoms with Crippen molar-refractivity contribution in [2.75, 3.05) is 18.5 Å². The highest BCUT2D eigenvalue weighted by molar-refractivity contribution is 7.65. The molecule has 19 nitrogen and oxygen atoms in total. The van der Waals surface area contributed by atoms with Crippen molar-refractivity contribution in [2.45, 2.75) is 37.9 Å². The van der Waals surface area contributed by atoms with Crippen molar-refractivity contribution < 1.29 is 65.4 Å². The van der Waals surface area contributed by atoms with Gasteiger partial charge in [0.1, 0.15) is 12.2 Å². The van der Waals surface area contributed by atoms with Crippen LogP contribution in [0.5, 0.6) is 0 Å². The van der Waals surface area contributed by atoms with Crippen LogP contribution in [0.3, 0.4) is 0 Å². The molecule has 0 bridgehead atoms. The Morgan fingerprint density at radius 2 is 1.68 bits per heavy atom. The van der Waals surface area contributed by atoms with Crippen molar-refractivity contribution in [1.82, 2.24) is 9.55 Å². The Labute approximate surface area is 230 Å². The number of benzene rings is 1. The van der Waals surface area contributed by atoms with Gasteiger partial charge in [-0.25, -0.2) is 18.2 Å². The normalized spacial score (nSPS) is 25.0. The Balaban J connectivity index is 1.74. The zero-order valence-electron chi connectivity index (χ0n) is 20.8. The van der Waals surface area contributed by atoms with E-state index in [9.17, 15) is 47.9 Å². The van der Waals surface area contributed by atoms with Crippen molar-refractivity contribution >= 4 is 35.2 Å². The Morgan fingerprint density at radius 3 is 2.29 bits per heavy atom. The van der Waals surface area contributed by atoms with Crippen LogP contribution in [0, 0.1) is 0 Å². The Morgan fingerprint density at radius 1 is 1.05 bits per heavy atom. The Kier molecular flexibility index (Phi) is 11.0. The van der Waals surface area contributed by atoms with E-state index >= 15 is 0 Å². The van der Waals surface area contributed by atoms with E-state index in [0.29, 0.717) is 5.69 Å². The van der Waals surface area contributed by atoms with Crippen LogP contribution in [0.1, 0.15) is 19.6 Å². The molecule has 1 amide bonds. The first kappa shape index (κ1) is 33.0. The van der Waals surface area contributed by atoms with E-state index in [0.717, 1.165) is 16.8 Å². The van der Waals surface area contributed by atoms with Crippen molar-refractivity contribution in [3.8, 4) is 0 Å². The van der Waals surface area contributed by atoms with E-state index < -0.39 is 78.6 Å². The molecular formula is C19H23N3O16P3-3. The van der Waals surface area contributed by atoms with Crippen LogP contribution in [0.25, 0.3) is 0 Å². The SMILES string of the molecule is CCCOP(=O)([O-])OP(=O)([O-])OP(=O)([O-])OC[C@H]1O[C@@H](n2ccc(=O)[nH]c2=O)[C@@H](OC(=O)Nc2ccccc2)C1O. The predicted molar refractivity (Wildman–Crippen MR) is 129 cm³/mol. The highest BCUT2D eigenvalue weighted by Crippen LogP contribution is 2.63. The maximum atomic E-state index is 12.5. The summed E-state index contributed by atoms with van der Waals surface area (Å²) in [5.41, 5.74) is -1.55. The Hall–Kier alpha value is -2.50. The van der Waals surface area contributed by atoms with Crippen LogP contribution >= 0.6 is 23.5 Å². The number of aliphatic hydroxyl groups is 1. The molecule has 1 aromatic carbocycles. The molecule has 0 aliphatic carbocycles. The fourth-order valence-electron chi connectivity index (χ4n) is 3.30. The number of anilines is 1. The fraction of sp³-hybridized carbons (Fsp3) is 0.421. The van der Waals surface area contributed by atoms with Crippen molar-refractivity contribution in [2.24, 2.45) is 0 Å². The third-order valence-electron chi connectivity index (χ3n) is 4.95. The number of aliphatic hydroxyl groups excluding tert-OH is 1. The number of nitrogens with one attached hydrogen (secondary N) is 2. The molecule has 0 saturated carbocycles. The van der Waals surface area contributed by atoms with Gasteiger partial charge in [0.05, 0.1) is 13.2 Å².